The van der Waals surface area contributed by atoms with E-state index in [4.69, 9.17) is 9.84 Å². The summed E-state index contributed by atoms with van der Waals surface area (Å²) < 4.78 is 5.43. The Morgan fingerprint density at radius 2 is 2.00 bits per heavy atom. The zero-order valence-corrected chi connectivity index (χ0v) is 16.0. The lowest BCUT2D eigenvalue weighted by atomic mass is 9.51. The van der Waals surface area contributed by atoms with Crippen LogP contribution in [0.3, 0.4) is 0 Å². The van der Waals surface area contributed by atoms with E-state index >= 15 is 0 Å². The Kier molecular flexibility index (Phi) is 6.53. The van der Waals surface area contributed by atoms with Gasteiger partial charge >= 0.3 is 5.97 Å². The lowest BCUT2D eigenvalue weighted by Crippen LogP contribution is -2.50. The van der Waals surface area contributed by atoms with Gasteiger partial charge in [0.15, 0.2) is 6.61 Å². The van der Waals surface area contributed by atoms with Gasteiger partial charge in [0.05, 0.1) is 12.0 Å². The first kappa shape index (κ1) is 20.2. The van der Waals surface area contributed by atoms with Gasteiger partial charge in [-0.2, -0.15) is 0 Å². The van der Waals surface area contributed by atoms with Gasteiger partial charge in [-0.25, -0.2) is 0 Å². The highest BCUT2D eigenvalue weighted by Gasteiger charge is 2.50. The van der Waals surface area contributed by atoms with Gasteiger partial charge in [0.25, 0.3) is 0 Å². The molecule has 2 saturated carbocycles. The summed E-state index contributed by atoms with van der Waals surface area (Å²) in [5, 5.41) is 19.2. The van der Waals surface area contributed by atoms with Crippen molar-refractivity contribution in [1.82, 2.24) is 0 Å². The summed E-state index contributed by atoms with van der Waals surface area (Å²) in [5.74, 6) is 5.78. The summed E-state index contributed by atoms with van der Waals surface area (Å²) in [6.07, 6.45) is 3.72. The Hall–Kier alpha value is -2.58. The van der Waals surface area contributed by atoms with Crippen LogP contribution in [0.25, 0.3) is 0 Å². The Labute approximate surface area is 165 Å². The molecule has 0 spiro atoms. The van der Waals surface area contributed by atoms with Crippen LogP contribution in [0, 0.1) is 35.5 Å². The van der Waals surface area contributed by atoms with E-state index in [1.165, 1.54) is 5.57 Å². The summed E-state index contributed by atoms with van der Waals surface area (Å²) in [5.41, 5.74) is 1.28. The number of aliphatic carboxylic acids is 1. The monoisotopic (exact) mass is 382 g/mol. The average Bonchev–Trinajstić information content (AvgIpc) is 2.69. The smallest absolute Gasteiger partial charge is 0.303 e. The van der Waals surface area contributed by atoms with Gasteiger partial charge in [0.1, 0.15) is 5.75 Å². The molecular weight excluding hydrogens is 356 g/mol. The molecule has 2 aliphatic rings. The molecule has 0 saturated heterocycles. The van der Waals surface area contributed by atoms with Crippen molar-refractivity contribution in [3.63, 3.8) is 0 Å². The number of allylic oxidation sites excluding steroid dienone is 2. The highest BCUT2D eigenvalue weighted by molar-refractivity contribution is 5.96. The number of carboxylic acid groups (broad SMARTS) is 1. The number of fused-ring (bicyclic) bond motifs is 1. The molecule has 5 heteroatoms. The van der Waals surface area contributed by atoms with Crippen LogP contribution in [0.4, 0.5) is 0 Å². The van der Waals surface area contributed by atoms with Crippen LogP contribution >= 0.6 is 0 Å². The maximum atomic E-state index is 12.1. The van der Waals surface area contributed by atoms with E-state index < -0.39 is 12.1 Å². The molecule has 0 bridgehead atoms. The number of carbonyl (C=O) groups excluding carboxylic acids is 1. The van der Waals surface area contributed by atoms with Gasteiger partial charge in [0, 0.05) is 6.42 Å². The standard InChI is InChI=1S/C23H26O5/c1-15-18(8-5-9-22(26)27)19-12-13-21(25)20(23(15)19)11-10-16(24)14-28-17-6-3-2-4-7-17/h2-4,6-8,15,19-21,23,25H,5,9,12-14H2,1H3,(H,26,27). The van der Waals surface area contributed by atoms with Crippen molar-refractivity contribution in [3.05, 3.63) is 42.0 Å². The van der Waals surface area contributed by atoms with Crippen molar-refractivity contribution in [3.8, 4) is 17.6 Å². The average molecular weight is 382 g/mol. The van der Waals surface area contributed by atoms with Crippen LogP contribution in [0.1, 0.15) is 32.6 Å². The van der Waals surface area contributed by atoms with Crippen LogP contribution in [-0.4, -0.2) is 34.7 Å². The van der Waals surface area contributed by atoms with Crippen molar-refractivity contribution in [1.29, 1.82) is 0 Å². The van der Waals surface area contributed by atoms with Crippen LogP contribution in [-0.2, 0) is 9.59 Å². The van der Waals surface area contributed by atoms with Crippen LogP contribution in [0.15, 0.2) is 42.0 Å². The molecule has 1 aromatic rings. The third kappa shape index (κ3) is 4.63. The van der Waals surface area contributed by atoms with Crippen LogP contribution in [0.2, 0.25) is 0 Å². The third-order valence-corrected chi connectivity index (χ3v) is 5.83. The van der Waals surface area contributed by atoms with E-state index in [2.05, 4.69) is 18.8 Å². The summed E-state index contributed by atoms with van der Waals surface area (Å²) in [7, 11) is 0. The van der Waals surface area contributed by atoms with Gasteiger partial charge in [0.2, 0.25) is 5.78 Å². The van der Waals surface area contributed by atoms with E-state index in [1.54, 1.807) is 12.1 Å². The van der Waals surface area contributed by atoms with Gasteiger partial charge in [-0.05, 0) is 55.1 Å². The van der Waals surface area contributed by atoms with E-state index in [0.717, 1.165) is 6.42 Å². The number of Topliss-reactive ketones (excluding diaryl/α,β-unsaturated/α-hetero) is 1. The highest BCUT2D eigenvalue weighted by atomic mass is 16.5. The molecule has 3 rings (SSSR count). The third-order valence-electron chi connectivity index (χ3n) is 5.83. The normalized spacial score (nSPS) is 29.8. The number of hydrogen-bond acceptors (Lipinski definition) is 4. The molecule has 28 heavy (non-hydrogen) atoms. The quantitative estimate of drug-likeness (QED) is 0.449. The van der Waals surface area contributed by atoms with E-state index in [-0.39, 0.29) is 36.6 Å². The van der Waals surface area contributed by atoms with Crippen molar-refractivity contribution in [2.24, 2.45) is 23.7 Å². The fraction of sp³-hybridized carbons (Fsp3) is 0.478. The number of carbonyl (C=O) groups is 2. The molecule has 5 nitrogen and oxygen atoms in total. The number of hydrogen-bond donors (Lipinski definition) is 2. The number of carboxylic acids is 1. The Morgan fingerprint density at radius 3 is 2.71 bits per heavy atom. The van der Waals surface area contributed by atoms with Crippen molar-refractivity contribution in [2.45, 2.75) is 38.7 Å². The minimum atomic E-state index is -0.792. The second kappa shape index (κ2) is 9.07. The first-order valence-electron chi connectivity index (χ1n) is 9.79. The summed E-state index contributed by atoms with van der Waals surface area (Å²) in [6.45, 7) is 1.99. The molecule has 148 valence electrons. The molecule has 5 atom stereocenters. The van der Waals surface area contributed by atoms with Crippen LogP contribution in [0.5, 0.6) is 5.75 Å². The zero-order chi connectivity index (χ0) is 20.1. The van der Waals surface area contributed by atoms with E-state index in [9.17, 15) is 14.7 Å². The highest BCUT2D eigenvalue weighted by Crippen LogP contribution is 2.55. The van der Waals surface area contributed by atoms with Crippen molar-refractivity contribution >= 4 is 11.8 Å². The Morgan fingerprint density at radius 1 is 1.25 bits per heavy atom. The molecule has 2 fully saturated rings. The van der Waals surface area contributed by atoms with Gasteiger partial charge in [-0.3, -0.25) is 9.59 Å². The summed E-state index contributed by atoms with van der Waals surface area (Å²) >= 11 is 0. The Bertz CT molecular complexity index is 801. The minimum absolute atomic E-state index is 0.107. The molecule has 0 heterocycles. The lowest BCUT2D eigenvalue weighted by Gasteiger charge is -2.53. The molecule has 0 aliphatic heterocycles. The SMILES string of the molecule is CC1C(=CCCC(=O)O)C2CCC(O)C(C#CC(=O)COc3ccccc3)C12. The molecule has 0 amide bonds. The number of aliphatic hydroxyl groups is 1. The molecule has 2 N–H and O–H groups in total. The maximum Gasteiger partial charge on any atom is 0.303 e. The molecule has 5 unspecified atom stereocenters. The summed E-state index contributed by atoms with van der Waals surface area (Å²) in [6, 6.07) is 9.11. The van der Waals surface area contributed by atoms with Gasteiger partial charge < -0.3 is 14.9 Å². The van der Waals surface area contributed by atoms with Crippen LogP contribution < -0.4 is 4.74 Å². The predicted molar refractivity (Wildman–Crippen MR) is 105 cm³/mol. The maximum absolute atomic E-state index is 12.1. The summed E-state index contributed by atoms with van der Waals surface area (Å²) in [4.78, 5) is 22.8. The zero-order valence-electron chi connectivity index (χ0n) is 16.0. The molecule has 0 radical (unpaired) electrons. The molecule has 2 aliphatic carbocycles. The fourth-order valence-electron chi connectivity index (χ4n) is 4.48. The first-order chi connectivity index (χ1) is 13.5. The van der Waals surface area contributed by atoms with Gasteiger partial charge in [-0.1, -0.05) is 42.7 Å². The van der Waals surface area contributed by atoms with E-state index in [0.29, 0.717) is 24.5 Å². The first-order valence-corrected chi connectivity index (χ1v) is 9.79. The number of benzene rings is 1. The second-order valence-electron chi connectivity index (χ2n) is 7.57. The van der Waals surface area contributed by atoms with Crippen molar-refractivity contribution < 1.29 is 24.5 Å². The number of rotatable bonds is 6. The topological polar surface area (TPSA) is 83.8 Å². The number of aliphatic hydroxyl groups excluding tert-OH is 1. The van der Waals surface area contributed by atoms with Gasteiger partial charge in [-0.15, -0.1) is 0 Å². The largest absolute Gasteiger partial charge is 0.485 e. The second-order valence-corrected chi connectivity index (χ2v) is 7.57. The number of ether oxygens (including phenoxy) is 1. The number of ketones is 1. The van der Waals surface area contributed by atoms with Crippen molar-refractivity contribution in [2.75, 3.05) is 6.61 Å². The lowest BCUT2D eigenvalue weighted by molar-refractivity contribution is -0.136. The predicted octanol–water partition coefficient (Wildman–Crippen LogP) is 3.08. The number of para-hydroxylation sites is 1. The fourth-order valence-corrected chi connectivity index (χ4v) is 4.48. The Balaban J connectivity index is 1.60. The molecule has 1 aromatic carbocycles. The molecular formula is C23H26O5. The minimum Gasteiger partial charge on any atom is -0.485 e. The van der Waals surface area contributed by atoms with E-state index in [1.807, 2.05) is 24.3 Å². The molecule has 0 aromatic heterocycles.